The second kappa shape index (κ2) is 7.66. The number of aromatic nitrogens is 3. The van der Waals surface area contributed by atoms with Crippen LogP contribution in [0.4, 0.5) is 10.1 Å². The minimum absolute atomic E-state index is 0.0630. The van der Waals surface area contributed by atoms with E-state index in [4.69, 9.17) is 4.74 Å². The number of rotatable bonds is 5. The van der Waals surface area contributed by atoms with E-state index in [9.17, 15) is 19.1 Å². The molecule has 9 heteroatoms. The van der Waals surface area contributed by atoms with E-state index in [1.165, 1.54) is 33.5 Å². The van der Waals surface area contributed by atoms with E-state index in [0.29, 0.717) is 30.0 Å². The van der Waals surface area contributed by atoms with Gasteiger partial charge in [-0.2, -0.15) is 4.68 Å². The average Bonchev–Trinajstić information content (AvgIpc) is 3.23. The third-order valence-corrected chi connectivity index (χ3v) is 5.21. The van der Waals surface area contributed by atoms with Crippen molar-refractivity contribution >= 4 is 11.6 Å². The normalized spacial score (nSPS) is 14.2. The van der Waals surface area contributed by atoms with Crippen molar-refractivity contribution < 1.29 is 19.0 Å². The van der Waals surface area contributed by atoms with E-state index in [1.807, 2.05) is 13.8 Å². The molecule has 1 amide bonds. The van der Waals surface area contributed by atoms with E-state index in [2.05, 4.69) is 10.4 Å². The van der Waals surface area contributed by atoms with E-state index in [1.54, 1.807) is 19.1 Å². The number of carbonyl (C=O) groups excluding carboxylic acids is 1. The fourth-order valence-electron chi connectivity index (χ4n) is 3.80. The predicted octanol–water partition coefficient (Wildman–Crippen LogP) is 2.65. The molecular weight excluding hydrogens is 403 g/mol. The number of para-hydroxylation sites is 1. The summed E-state index contributed by atoms with van der Waals surface area (Å²) in [6, 6.07) is 9.05. The molecule has 0 aliphatic carbocycles. The number of hydrogen-bond acceptors (Lipinski definition) is 5. The van der Waals surface area contributed by atoms with E-state index < -0.39 is 17.3 Å². The van der Waals surface area contributed by atoms with Crippen LogP contribution in [0.2, 0.25) is 0 Å². The van der Waals surface area contributed by atoms with Crippen molar-refractivity contribution in [1.29, 1.82) is 0 Å². The molecule has 1 aromatic heterocycles. The fraction of sp³-hybridized carbons (Fsp3) is 0.318. The highest BCUT2D eigenvalue weighted by Gasteiger charge is 2.36. The lowest BCUT2D eigenvalue weighted by Crippen LogP contribution is -2.26. The van der Waals surface area contributed by atoms with Gasteiger partial charge in [-0.1, -0.05) is 12.1 Å². The van der Waals surface area contributed by atoms with Gasteiger partial charge >= 0.3 is 5.69 Å². The van der Waals surface area contributed by atoms with Crippen LogP contribution in [-0.2, 0) is 19.6 Å². The monoisotopic (exact) mass is 426 g/mol. The number of halogens is 1. The first-order valence-electron chi connectivity index (χ1n) is 9.96. The lowest BCUT2D eigenvalue weighted by molar-refractivity contribution is 0.101. The number of aliphatic hydroxyl groups excluding tert-OH is 1. The molecule has 0 bridgehead atoms. The van der Waals surface area contributed by atoms with Crippen molar-refractivity contribution in [3.8, 4) is 11.4 Å². The van der Waals surface area contributed by atoms with Gasteiger partial charge in [0.1, 0.15) is 23.8 Å². The molecule has 0 fully saturated rings. The molecule has 2 heterocycles. The first-order valence-corrected chi connectivity index (χ1v) is 9.96. The van der Waals surface area contributed by atoms with Crippen molar-refractivity contribution in [3.63, 3.8) is 0 Å². The zero-order valence-electron chi connectivity index (χ0n) is 17.5. The Morgan fingerprint density at radius 2 is 2.03 bits per heavy atom. The number of fused-ring (bicyclic) bond motifs is 1. The predicted molar refractivity (Wildman–Crippen MR) is 112 cm³/mol. The van der Waals surface area contributed by atoms with Gasteiger partial charge in [-0.3, -0.25) is 9.36 Å². The SMILES string of the molecule is CCn1c(CO)nn(-c2ccc(C(=O)Nc3ccccc3F)c3c2CC(C)(C)O3)c1=O. The number of anilines is 1. The summed E-state index contributed by atoms with van der Waals surface area (Å²) in [4.78, 5) is 25.8. The van der Waals surface area contributed by atoms with Crippen LogP contribution in [-0.4, -0.2) is 31.0 Å². The quantitative estimate of drug-likeness (QED) is 0.654. The van der Waals surface area contributed by atoms with Crippen LogP contribution < -0.4 is 15.7 Å². The Morgan fingerprint density at radius 3 is 2.68 bits per heavy atom. The molecule has 0 radical (unpaired) electrons. The number of ether oxygens (including phenoxy) is 1. The average molecular weight is 426 g/mol. The van der Waals surface area contributed by atoms with Gasteiger partial charge in [0.05, 0.1) is 16.9 Å². The first-order chi connectivity index (χ1) is 14.8. The van der Waals surface area contributed by atoms with Gasteiger partial charge in [-0.25, -0.2) is 9.18 Å². The molecule has 3 aromatic rings. The van der Waals surface area contributed by atoms with Gasteiger partial charge in [-0.05, 0) is 45.0 Å². The Morgan fingerprint density at radius 1 is 1.29 bits per heavy atom. The minimum atomic E-state index is -0.609. The van der Waals surface area contributed by atoms with Crippen molar-refractivity contribution in [3.05, 3.63) is 69.7 Å². The Balaban J connectivity index is 1.81. The van der Waals surface area contributed by atoms with Crippen molar-refractivity contribution in [2.24, 2.45) is 0 Å². The number of amides is 1. The highest BCUT2D eigenvalue weighted by molar-refractivity contribution is 6.07. The molecule has 0 saturated carbocycles. The summed E-state index contributed by atoms with van der Waals surface area (Å²) in [5.74, 6) is -0.479. The molecular formula is C22H23FN4O4. The number of aliphatic hydroxyl groups is 1. The maximum atomic E-state index is 14.0. The van der Waals surface area contributed by atoms with Crippen molar-refractivity contribution in [2.45, 2.75) is 45.9 Å². The van der Waals surface area contributed by atoms with Crippen LogP contribution in [0, 0.1) is 5.82 Å². The highest BCUT2D eigenvalue weighted by atomic mass is 19.1. The highest BCUT2D eigenvalue weighted by Crippen LogP contribution is 2.41. The van der Waals surface area contributed by atoms with Gasteiger partial charge in [0.2, 0.25) is 0 Å². The Hall–Kier alpha value is -3.46. The number of nitrogens with zero attached hydrogens (tertiary/aromatic N) is 3. The van der Waals surface area contributed by atoms with Crippen molar-refractivity contribution in [1.82, 2.24) is 14.3 Å². The molecule has 162 valence electrons. The molecule has 8 nitrogen and oxygen atoms in total. The van der Waals surface area contributed by atoms with E-state index >= 15 is 0 Å². The molecule has 4 rings (SSSR count). The zero-order valence-corrected chi connectivity index (χ0v) is 17.5. The van der Waals surface area contributed by atoms with Crippen LogP contribution in [0.5, 0.6) is 5.75 Å². The summed E-state index contributed by atoms with van der Waals surface area (Å²) >= 11 is 0. The topological polar surface area (TPSA) is 98.4 Å². The largest absolute Gasteiger partial charge is 0.486 e. The summed E-state index contributed by atoms with van der Waals surface area (Å²) in [6.07, 6.45) is 0.443. The molecule has 0 saturated heterocycles. The lowest BCUT2D eigenvalue weighted by atomic mass is 9.98. The summed E-state index contributed by atoms with van der Waals surface area (Å²) in [6.45, 7) is 5.54. The third-order valence-electron chi connectivity index (χ3n) is 5.21. The number of nitrogens with one attached hydrogen (secondary N) is 1. The van der Waals surface area contributed by atoms with E-state index in [0.717, 1.165) is 0 Å². The number of hydrogen-bond donors (Lipinski definition) is 2. The summed E-state index contributed by atoms with van der Waals surface area (Å²) in [5, 5.41) is 16.4. The maximum absolute atomic E-state index is 14.0. The summed E-state index contributed by atoms with van der Waals surface area (Å²) in [5.41, 5.74) is 0.434. The second-order valence-electron chi connectivity index (χ2n) is 7.93. The van der Waals surface area contributed by atoms with Crippen LogP contribution in [0.15, 0.2) is 41.2 Å². The summed E-state index contributed by atoms with van der Waals surface area (Å²) in [7, 11) is 0. The molecule has 2 aromatic carbocycles. The van der Waals surface area contributed by atoms with E-state index in [-0.39, 0.29) is 29.4 Å². The van der Waals surface area contributed by atoms with Gasteiger partial charge in [0, 0.05) is 18.5 Å². The third kappa shape index (κ3) is 3.61. The molecule has 0 atom stereocenters. The van der Waals surface area contributed by atoms with Crippen LogP contribution >= 0.6 is 0 Å². The van der Waals surface area contributed by atoms with Crippen LogP contribution in [0.25, 0.3) is 5.69 Å². The number of carbonyl (C=O) groups is 1. The second-order valence-corrected chi connectivity index (χ2v) is 7.93. The smallest absolute Gasteiger partial charge is 0.350 e. The Kier molecular flexibility index (Phi) is 5.14. The standard InChI is InChI=1S/C22H23FN4O4/c1-4-26-18(12-28)25-27(21(26)30)17-10-9-13(19-14(17)11-22(2,3)31-19)20(29)24-16-8-6-5-7-15(16)23/h5-10,28H,4,11-12H2,1-3H3,(H,24,29). The molecule has 1 aliphatic heterocycles. The maximum Gasteiger partial charge on any atom is 0.350 e. The molecule has 0 unspecified atom stereocenters. The van der Waals surface area contributed by atoms with Gasteiger partial charge < -0.3 is 15.2 Å². The Labute approximate surface area is 177 Å². The van der Waals surface area contributed by atoms with Crippen molar-refractivity contribution in [2.75, 3.05) is 5.32 Å². The number of benzene rings is 2. The Bertz CT molecular complexity index is 1230. The molecule has 2 N–H and O–H groups in total. The fourth-order valence-corrected chi connectivity index (χ4v) is 3.80. The summed E-state index contributed by atoms with van der Waals surface area (Å²) < 4.78 is 22.6. The zero-order chi connectivity index (χ0) is 22.3. The first kappa shape index (κ1) is 20.8. The van der Waals surface area contributed by atoms with Gasteiger partial charge in [-0.15, -0.1) is 5.10 Å². The minimum Gasteiger partial charge on any atom is -0.486 e. The van der Waals surface area contributed by atoms with Crippen LogP contribution in [0.3, 0.4) is 0 Å². The molecule has 0 spiro atoms. The molecule has 31 heavy (non-hydrogen) atoms. The van der Waals surface area contributed by atoms with Gasteiger partial charge in [0.25, 0.3) is 5.91 Å². The lowest BCUT2D eigenvalue weighted by Gasteiger charge is -2.18. The van der Waals surface area contributed by atoms with Gasteiger partial charge in [0.15, 0.2) is 5.82 Å². The van der Waals surface area contributed by atoms with Crippen LogP contribution in [0.1, 0.15) is 42.5 Å². The molecule has 1 aliphatic rings.